The Balaban J connectivity index is 4.94. The molecule has 0 bridgehead atoms. The van der Waals surface area contributed by atoms with Gasteiger partial charge in [0.05, 0.1) is 13.7 Å². The van der Waals surface area contributed by atoms with Crippen LogP contribution in [0.2, 0.25) is 0 Å². The average Bonchev–Trinajstić information content (AvgIpc) is 2.27. The van der Waals surface area contributed by atoms with E-state index >= 15 is 0 Å². The maximum absolute atomic E-state index is 12.3. The average molecular weight is 254 g/mol. The van der Waals surface area contributed by atoms with Gasteiger partial charge in [0.25, 0.3) is 0 Å². The van der Waals surface area contributed by atoms with Crippen LogP contribution in [0.5, 0.6) is 0 Å². The molecule has 6 nitrogen and oxygen atoms in total. The van der Waals surface area contributed by atoms with Gasteiger partial charge >= 0.3 is 13.1 Å². The Morgan fingerprint density at radius 1 is 1.12 bits per heavy atom. The predicted octanol–water partition coefficient (Wildman–Crippen LogP) is 2.42. The first kappa shape index (κ1) is 15.6. The van der Waals surface area contributed by atoms with Crippen molar-refractivity contribution in [2.45, 2.75) is 26.8 Å². The molecule has 0 radical (unpaired) electrons. The number of rotatable bonds is 8. The Kier molecular flexibility index (Phi) is 7.58. The maximum Gasteiger partial charge on any atom is 0.396 e. The molecule has 0 aliphatic rings. The third kappa shape index (κ3) is 3.87. The van der Waals surface area contributed by atoms with Crippen LogP contribution in [0.1, 0.15) is 20.8 Å². The molecule has 0 heterocycles. The van der Waals surface area contributed by atoms with Crippen LogP contribution in [0, 0.1) is 0 Å². The zero-order chi connectivity index (χ0) is 12.6. The van der Waals surface area contributed by atoms with E-state index in [1.807, 2.05) is 0 Å². The molecule has 0 N–H and O–H groups in total. The lowest BCUT2D eigenvalue weighted by molar-refractivity contribution is -0.0882. The quantitative estimate of drug-likeness (QED) is 0.489. The number of hydrogen-bond donors (Lipinski definition) is 0. The summed E-state index contributed by atoms with van der Waals surface area (Å²) in [6.45, 7) is 5.68. The van der Waals surface area contributed by atoms with E-state index in [4.69, 9.17) is 14.0 Å². The van der Waals surface area contributed by atoms with Gasteiger partial charge < -0.3 is 18.7 Å². The highest BCUT2D eigenvalue weighted by molar-refractivity contribution is 7.75. The van der Waals surface area contributed by atoms with E-state index in [0.717, 1.165) is 7.11 Å². The number of methoxy groups -OCH3 is 1. The van der Waals surface area contributed by atoms with Gasteiger partial charge in [-0.2, -0.15) is 0 Å². The van der Waals surface area contributed by atoms with Gasteiger partial charge in [0.2, 0.25) is 6.03 Å². The summed E-state index contributed by atoms with van der Waals surface area (Å²) in [5.41, 5.74) is -0.943. The van der Waals surface area contributed by atoms with Gasteiger partial charge in [-0.1, -0.05) is 0 Å². The second kappa shape index (κ2) is 7.79. The summed E-state index contributed by atoms with van der Waals surface area (Å²) >= 11 is 0. The minimum absolute atomic E-state index is 0.114. The van der Waals surface area contributed by atoms with E-state index in [2.05, 4.69) is 4.74 Å². The molecule has 1 unspecified atom stereocenters. The molecule has 96 valence electrons. The minimum Gasteiger partial charge on any atom is -0.462 e. The number of ether oxygens (including phenoxy) is 3. The van der Waals surface area contributed by atoms with Crippen LogP contribution in [-0.2, 0) is 23.3 Å². The first-order valence-electron chi connectivity index (χ1n) is 5.12. The Hall–Kier alpha value is -0.420. The molecule has 0 aliphatic carbocycles. The highest BCUT2D eigenvalue weighted by Crippen LogP contribution is 2.54. The molecule has 0 saturated carbocycles. The first-order chi connectivity index (χ1) is 7.56. The third-order valence-corrected chi connectivity index (χ3v) is 3.83. The minimum atomic E-state index is -3.76. The Morgan fingerprint density at radius 3 is 1.94 bits per heavy atom. The van der Waals surface area contributed by atoms with Crippen LogP contribution in [0.25, 0.3) is 0 Å². The zero-order valence-electron chi connectivity index (χ0n) is 10.1. The van der Waals surface area contributed by atoms with Gasteiger partial charge in [0.15, 0.2) is 0 Å². The lowest BCUT2D eigenvalue weighted by Crippen LogP contribution is -2.23. The fourth-order valence-electron chi connectivity index (χ4n) is 1.05. The fraction of sp³-hybridized carbons (Fsp3) is 0.889. The van der Waals surface area contributed by atoms with Crippen molar-refractivity contribution in [2.24, 2.45) is 0 Å². The summed E-state index contributed by atoms with van der Waals surface area (Å²) in [7, 11) is -2.62. The summed E-state index contributed by atoms with van der Waals surface area (Å²) in [4.78, 5) is 11.4. The summed E-state index contributed by atoms with van der Waals surface area (Å²) in [6.07, 6.45) is 0. The normalized spacial score (nSPS) is 14.8. The van der Waals surface area contributed by atoms with Crippen molar-refractivity contribution in [2.75, 3.05) is 26.9 Å². The van der Waals surface area contributed by atoms with Gasteiger partial charge in [-0.25, -0.2) is 4.79 Å². The van der Waals surface area contributed by atoms with Crippen molar-refractivity contribution in [3.05, 3.63) is 0 Å². The Labute approximate surface area is 95.7 Å². The van der Waals surface area contributed by atoms with Gasteiger partial charge in [-0.3, -0.25) is 4.57 Å². The van der Waals surface area contributed by atoms with Crippen molar-refractivity contribution < 1.29 is 28.1 Å². The topological polar surface area (TPSA) is 71.1 Å². The molecule has 0 rings (SSSR count). The fourth-order valence-corrected chi connectivity index (χ4v) is 2.78. The van der Waals surface area contributed by atoms with Crippen molar-refractivity contribution in [1.82, 2.24) is 0 Å². The van der Waals surface area contributed by atoms with E-state index in [1.54, 1.807) is 20.8 Å². The molecular weight excluding hydrogens is 235 g/mol. The highest BCUT2D eigenvalue weighted by atomic mass is 31.2. The van der Waals surface area contributed by atoms with Crippen molar-refractivity contribution in [3.8, 4) is 0 Å². The molecule has 0 saturated heterocycles. The summed E-state index contributed by atoms with van der Waals surface area (Å²) < 4.78 is 31.9. The molecule has 7 heteroatoms. The molecule has 0 fully saturated rings. The Bertz CT molecular complexity index is 248. The van der Waals surface area contributed by atoms with E-state index in [-0.39, 0.29) is 19.8 Å². The van der Waals surface area contributed by atoms with Gasteiger partial charge in [0.1, 0.15) is 0 Å². The molecule has 0 aliphatic heterocycles. The van der Waals surface area contributed by atoms with Crippen LogP contribution < -0.4 is 0 Å². The van der Waals surface area contributed by atoms with E-state index in [1.165, 1.54) is 0 Å². The maximum atomic E-state index is 12.3. The molecule has 0 amide bonds. The second-order valence-corrected chi connectivity index (χ2v) is 4.94. The van der Waals surface area contributed by atoms with Crippen LogP contribution in [0.15, 0.2) is 0 Å². The number of carbonyl (C=O) groups excluding carboxylic acids is 1. The molecule has 0 aromatic carbocycles. The summed E-state index contributed by atoms with van der Waals surface area (Å²) in [6, 6.07) is -1.20. The largest absolute Gasteiger partial charge is 0.462 e. The van der Waals surface area contributed by atoms with Crippen LogP contribution in [-0.4, -0.2) is 38.7 Å². The summed E-state index contributed by atoms with van der Waals surface area (Å²) in [5.74, 6) is 0. The predicted molar refractivity (Wildman–Crippen MR) is 58.7 cm³/mol. The highest BCUT2D eigenvalue weighted by Gasteiger charge is 2.45. The van der Waals surface area contributed by atoms with E-state index in [9.17, 15) is 9.36 Å². The van der Waals surface area contributed by atoms with Crippen LogP contribution >= 0.6 is 7.37 Å². The zero-order valence-corrected chi connectivity index (χ0v) is 11.0. The molecule has 0 spiro atoms. The lowest BCUT2D eigenvalue weighted by atomic mass is 10.9. The van der Waals surface area contributed by atoms with Crippen molar-refractivity contribution >= 4 is 13.1 Å². The molecular formula is C9H19O6P. The van der Waals surface area contributed by atoms with Crippen LogP contribution in [0.4, 0.5) is 4.79 Å². The molecule has 0 aromatic heterocycles. The Morgan fingerprint density at radius 2 is 1.62 bits per heavy atom. The van der Waals surface area contributed by atoms with E-state index in [0.29, 0.717) is 0 Å². The second-order valence-electron chi connectivity index (χ2n) is 2.70. The van der Waals surface area contributed by atoms with Gasteiger partial charge in [-0.15, -0.1) is 0 Å². The number of carbonyl (C=O) groups is 1. The van der Waals surface area contributed by atoms with Gasteiger partial charge in [0, 0.05) is 13.2 Å². The van der Waals surface area contributed by atoms with Crippen molar-refractivity contribution in [3.63, 3.8) is 0 Å². The summed E-state index contributed by atoms with van der Waals surface area (Å²) in [5, 5.41) is 0. The monoisotopic (exact) mass is 254 g/mol. The van der Waals surface area contributed by atoms with Gasteiger partial charge in [-0.05, 0) is 20.8 Å². The molecule has 1 atom stereocenters. The molecule has 16 heavy (non-hydrogen) atoms. The first-order valence-corrected chi connectivity index (χ1v) is 6.82. The lowest BCUT2D eigenvalue weighted by Gasteiger charge is -2.23. The molecule has 0 aromatic rings. The SMILES string of the molecule is CCOC(OCC)P(=O)(OCC)C(=O)OC. The van der Waals surface area contributed by atoms with Crippen molar-refractivity contribution in [1.29, 1.82) is 0 Å². The number of hydrogen-bond acceptors (Lipinski definition) is 6. The van der Waals surface area contributed by atoms with Crippen LogP contribution in [0.3, 0.4) is 0 Å². The smallest absolute Gasteiger partial charge is 0.396 e. The standard InChI is InChI=1S/C9H19O6P/c1-5-13-9(14-6-2)16(11,15-7-3)8(10)12-4/h9H,5-7H2,1-4H3. The third-order valence-electron chi connectivity index (χ3n) is 1.65. The van der Waals surface area contributed by atoms with E-state index < -0.39 is 19.1 Å².